The number of benzene rings is 3. The van der Waals surface area contributed by atoms with Crippen molar-refractivity contribution in [2.24, 2.45) is 0 Å². The summed E-state index contributed by atoms with van der Waals surface area (Å²) >= 11 is 12.3. The Bertz CT molecular complexity index is 1240. The minimum atomic E-state index is -0.491. The summed E-state index contributed by atoms with van der Waals surface area (Å²) in [6.45, 7) is 0. The number of hydrogen-bond donors (Lipinski definition) is 0. The number of fused-ring (bicyclic) bond motifs is 1. The van der Waals surface area contributed by atoms with E-state index in [1.165, 1.54) is 0 Å². The van der Waals surface area contributed by atoms with E-state index in [1.54, 1.807) is 72.8 Å². The highest BCUT2D eigenvalue weighted by Gasteiger charge is 2.24. The molecule has 4 aromatic rings. The number of para-hydroxylation sites is 1. The monoisotopic (exact) mass is 394 g/mol. The van der Waals surface area contributed by atoms with Gasteiger partial charge in [0.25, 0.3) is 0 Å². The number of hydrogen-bond acceptors (Lipinski definition) is 3. The van der Waals surface area contributed by atoms with Crippen LogP contribution in [0.1, 0.15) is 15.9 Å². The maximum atomic E-state index is 13.2. The molecule has 0 saturated carbocycles. The quantitative estimate of drug-likeness (QED) is 0.400. The van der Waals surface area contributed by atoms with Crippen LogP contribution >= 0.6 is 23.2 Å². The van der Waals surface area contributed by atoms with Crippen molar-refractivity contribution in [2.75, 3.05) is 0 Å². The highest BCUT2D eigenvalue weighted by molar-refractivity contribution is 6.35. The van der Waals surface area contributed by atoms with Crippen LogP contribution in [0.2, 0.25) is 10.0 Å². The van der Waals surface area contributed by atoms with Crippen LogP contribution in [0.15, 0.2) is 82.0 Å². The number of halogens is 2. The van der Waals surface area contributed by atoms with Gasteiger partial charge in [0.2, 0.25) is 11.2 Å². The molecule has 0 aliphatic heterocycles. The van der Waals surface area contributed by atoms with E-state index in [2.05, 4.69) is 0 Å². The first-order valence-electron chi connectivity index (χ1n) is 8.17. The Kier molecular flexibility index (Phi) is 4.56. The Labute approximate surface area is 164 Å². The zero-order valence-corrected chi connectivity index (χ0v) is 15.4. The van der Waals surface area contributed by atoms with Crippen molar-refractivity contribution in [3.63, 3.8) is 0 Å². The van der Waals surface area contributed by atoms with E-state index in [9.17, 15) is 9.59 Å². The highest BCUT2D eigenvalue weighted by Crippen LogP contribution is 2.30. The molecule has 1 heterocycles. The lowest BCUT2D eigenvalue weighted by molar-refractivity contribution is 0.103. The molecule has 3 aromatic carbocycles. The topological polar surface area (TPSA) is 47.3 Å². The van der Waals surface area contributed by atoms with Crippen molar-refractivity contribution in [3.05, 3.63) is 104 Å². The second-order valence-electron chi connectivity index (χ2n) is 5.95. The molecule has 5 heteroatoms. The molecule has 0 N–H and O–H groups in total. The molecule has 0 spiro atoms. The molecule has 27 heavy (non-hydrogen) atoms. The summed E-state index contributed by atoms with van der Waals surface area (Å²) in [6, 6.07) is 20.3. The molecule has 0 unspecified atom stereocenters. The lowest BCUT2D eigenvalue weighted by Gasteiger charge is -2.11. The van der Waals surface area contributed by atoms with Crippen LogP contribution in [0.5, 0.6) is 0 Å². The van der Waals surface area contributed by atoms with Crippen LogP contribution < -0.4 is 5.43 Å². The molecule has 0 aliphatic carbocycles. The summed E-state index contributed by atoms with van der Waals surface area (Å²) in [7, 11) is 0. The fraction of sp³-hybridized carbons (Fsp3) is 0. The van der Waals surface area contributed by atoms with Gasteiger partial charge in [-0.05, 0) is 36.4 Å². The van der Waals surface area contributed by atoms with E-state index in [-0.39, 0.29) is 21.9 Å². The molecule has 0 radical (unpaired) electrons. The Morgan fingerprint density at radius 3 is 2.37 bits per heavy atom. The van der Waals surface area contributed by atoms with Gasteiger partial charge in [-0.25, -0.2) is 0 Å². The average molecular weight is 395 g/mol. The van der Waals surface area contributed by atoms with E-state index in [0.29, 0.717) is 21.6 Å². The van der Waals surface area contributed by atoms with Gasteiger partial charge in [0.05, 0.1) is 10.4 Å². The first-order valence-corrected chi connectivity index (χ1v) is 8.93. The molecule has 3 nitrogen and oxygen atoms in total. The van der Waals surface area contributed by atoms with Gasteiger partial charge in [-0.3, -0.25) is 9.59 Å². The number of carbonyl (C=O) groups is 1. The highest BCUT2D eigenvalue weighted by atomic mass is 35.5. The first-order chi connectivity index (χ1) is 13.1. The van der Waals surface area contributed by atoms with Crippen molar-refractivity contribution >= 4 is 40.0 Å². The van der Waals surface area contributed by atoms with Crippen LogP contribution in [0.4, 0.5) is 0 Å². The molecule has 0 aliphatic rings. The molecular formula is C22H12Cl2O3. The van der Waals surface area contributed by atoms with E-state index >= 15 is 0 Å². The van der Waals surface area contributed by atoms with Crippen molar-refractivity contribution in [2.45, 2.75) is 0 Å². The number of ketones is 1. The largest absolute Gasteiger partial charge is 0.455 e. The predicted molar refractivity (Wildman–Crippen MR) is 108 cm³/mol. The summed E-state index contributed by atoms with van der Waals surface area (Å²) in [5.41, 5.74) is 0.708. The van der Waals surface area contributed by atoms with Gasteiger partial charge in [0, 0.05) is 16.1 Å². The summed E-state index contributed by atoms with van der Waals surface area (Å²) in [5, 5.41) is 1.07. The zero-order valence-electron chi connectivity index (χ0n) is 13.9. The molecule has 132 valence electrons. The van der Waals surface area contributed by atoms with E-state index in [4.69, 9.17) is 27.6 Å². The molecule has 0 saturated heterocycles. The third-order valence-corrected chi connectivity index (χ3v) is 4.79. The van der Waals surface area contributed by atoms with Gasteiger partial charge >= 0.3 is 0 Å². The smallest absolute Gasteiger partial charge is 0.204 e. The Morgan fingerprint density at radius 2 is 1.59 bits per heavy atom. The minimum Gasteiger partial charge on any atom is -0.455 e. The third kappa shape index (κ3) is 3.16. The van der Waals surface area contributed by atoms with Gasteiger partial charge in [-0.15, -0.1) is 0 Å². The first kappa shape index (κ1) is 17.5. The lowest BCUT2D eigenvalue weighted by Crippen LogP contribution is -2.18. The fourth-order valence-corrected chi connectivity index (χ4v) is 3.37. The maximum absolute atomic E-state index is 13.2. The molecule has 1 aromatic heterocycles. The van der Waals surface area contributed by atoms with E-state index < -0.39 is 11.2 Å². The molecule has 0 bridgehead atoms. The second-order valence-corrected chi connectivity index (χ2v) is 6.79. The van der Waals surface area contributed by atoms with Gasteiger partial charge < -0.3 is 4.42 Å². The van der Waals surface area contributed by atoms with Crippen molar-refractivity contribution < 1.29 is 9.21 Å². The van der Waals surface area contributed by atoms with Gasteiger partial charge in [0.15, 0.2) is 0 Å². The second kappa shape index (κ2) is 7.03. The minimum absolute atomic E-state index is 0.0657. The number of rotatable bonds is 3. The van der Waals surface area contributed by atoms with Gasteiger partial charge in [0.1, 0.15) is 16.9 Å². The molecule has 0 fully saturated rings. The molecule has 0 amide bonds. The normalized spacial score (nSPS) is 10.9. The number of carbonyl (C=O) groups excluding carboxylic acids is 1. The predicted octanol–water partition coefficient (Wildman–Crippen LogP) is 6.00. The summed E-state index contributed by atoms with van der Waals surface area (Å²) in [4.78, 5) is 26.4. The third-order valence-electron chi connectivity index (χ3n) is 4.23. The zero-order chi connectivity index (χ0) is 19.0. The van der Waals surface area contributed by atoms with Gasteiger partial charge in [-0.1, -0.05) is 59.6 Å². The Morgan fingerprint density at radius 1 is 0.852 bits per heavy atom. The van der Waals surface area contributed by atoms with Crippen LogP contribution in [0.3, 0.4) is 0 Å². The van der Waals surface area contributed by atoms with Crippen LogP contribution in [0, 0.1) is 0 Å². The standard InChI is InChI=1S/C22H12Cl2O3/c23-14-7-5-6-13(12-14)22-19(20(25)15-8-1-3-10-17(15)24)21(26)16-9-2-4-11-18(16)27-22/h1-12H. The van der Waals surface area contributed by atoms with E-state index in [0.717, 1.165) is 0 Å². The van der Waals surface area contributed by atoms with Crippen LogP contribution in [-0.2, 0) is 0 Å². The summed E-state index contributed by atoms with van der Waals surface area (Å²) in [6.07, 6.45) is 0. The SMILES string of the molecule is O=C(c1ccccc1Cl)c1c(-c2cccc(Cl)c2)oc2ccccc2c1=O. The van der Waals surface area contributed by atoms with Crippen LogP contribution in [0.25, 0.3) is 22.3 Å². The molecule has 0 atom stereocenters. The van der Waals surface area contributed by atoms with E-state index in [1.807, 2.05) is 0 Å². The molecule has 4 rings (SSSR count). The summed E-state index contributed by atoms with van der Waals surface area (Å²) in [5.74, 6) is -0.318. The maximum Gasteiger partial charge on any atom is 0.204 e. The van der Waals surface area contributed by atoms with Crippen LogP contribution in [-0.4, -0.2) is 5.78 Å². The Hall–Kier alpha value is -2.88. The average Bonchev–Trinajstić information content (AvgIpc) is 2.68. The Balaban J connectivity index is 2.07. The van der Waals surface area contributed by atoms with Gasteiger partial charge in [-0.2, -0.15) is 0 Å². The lowest BCUT2D eigenvalue weighted by atomic mass is 9.97. The molecular weight excluding hydrogens is 383 g/mol. The van der Waals surface area contributed by atoms with Crippen molar-refractivity contribution in [1.82, 2.24) is 0 Å². The summed E-state index contributed by atoms with van der Waals surface area (Å²) < 4.78 is 5.97. The van der Waals surface area contributed by atoms with Crippen molar-refractivity contribution in [3.8, 4) is 11.3 Å². The fourth-order valence-electron chi connectivity index (χ4n) is 2.96. The van der Waals surface area contributed by atoms with Crippen molar-refractivity contribution in [1.29, 1.82) is 0 Å².